The van der Waals surface area contributed by atoms with Crippen LogP contribution < -0.4 is 4.74 Å². The molecule has 1 saturated carbocycles. The average Bonchev–Trinajstić information content (AvgIpc) is 3.30. The summed E-state index contributed by atoms with van der Waals surface area (Å²) in [6, 6.07) is 14.3. The van der Waals surface area contributed by atoms with Crippen molar-refractivity contribution in [1.29, 1.82) is 0 Å². The molecule has 0 amide bonds. The van der Waals surface area contributed by atoms with E-state index in [0.29, 0.717) is 39.7 Å². The van der Waals surface area contributed by atoms with E-state index in [9.17, 15) is 8.42 Å². The maximum atomic E-state index is 13.0. The van der Waals surface area contributed by atoms with E-state index < -0.39 is 10.0 Å². The molecule has 0 atom stereocenters. The van der Waals surface area contributed by atoms with Gasteiger partial charge in [-0.25, -0.2) is 12.7 Å². The zero-order valence-corrected chi connectivity index (χ0v) is 20.2. The van der Waals surface area contributed by atoms with Gasteiger partial charge in [0.05, 0.1) is 4.90 Å². The van der Waals surface area contributed by atoms with Crippen molar-refractivity contribution >= 4 is 21.6 Å². The molecule has 4 rings (SSSR count). The molecule has 0 spiro atoms. The first-order valence-electron chi connectivity index (χ1n) is 11.2. The summed E-state index contributed by atoms with van der Waals surface area (Å²) < 4.78 is 38.0. The Kier molecular flexibility index (Phi) is 7.67. The van der Waals surface area contributed by atoms with Gasteiger partial charge in [0.25, 0.3) is 5.89 Å². The highest BCUT2D eigenvalue weighted by molar-refractivity contribution is 7.89. The Morgan fingerprint density at radius 1 is 1.06 bits per heavy atom. The molecule has 33 heavy (non-hydrogen) atoms. The van der Waals surface area contributed by atoms with E-state index in [-0.39, 0.29) is 13.2 Å². The Morgan fingerprint density at radius 3 is 2.45 bits per heavy atom. The fraction of sp³-hybridized carbons (Fsp3) is 0.417. The molecule has 1 aromatic heterocycles. The van der Waals surface area contributed by atoms with Crippen molar-refractivity contribution in [1.82, 2.24) is 14.4 Å². The van der Waals surface area contributed by atoms with E-state index in [1.165, 1.54) is 42.0 Å². The van der Waals surface area contributed by atoms with Crippen molar-refractivity contribution < 1.29 is 17.7 Å². The second-order valence-electron chi connectivity index (χ2n) is 8.33. The summed E-state index contributed by atoms with van der Waals surface area (Å²) in [6.45, 7) is 0.361. The van der Waals surface area contributed by atoms with Crippen LogP contribution in [0.2, 0.25) is 5.02 Å². The number of aromatic nitrogens is 2. The summed E-state index contributed by atoms with van der Waals surface area (Å²) in [7, 11) is -2.02. The Morgan fingerprint density at radius 2 is 1.76 bits per heavy atom. The van der Waals surface area contributed by atoms with Gasteiger partial charge >= 0.3 is 0 Å². The van der Waals surface area contributed by atoms with Gasteiger partial charge in [-0.3, -0.25) is 0 Å². The first kappa shape index (κ1) is 23.7. The number of hydrogen-bond acceptors (Lipinski definition) is 6. The third-order valence-corrected chi connectivity index (χ3v) is 8.12. The van der Waals surface area contributed by atoms with Crippen LogP contribution in [0.1, 0.15) is 55.3 Å². The SMILES string of the molecule is CN(CCc1noc(COc2ccc(Cl)cc2)n1)S(=O)(=O)c1ccc(C2CCCCC2)cc1. The molecule has 7 nitrogen and oxygen atoms in total. The fourth-order valence-electron chi connectivity index (χ4n) is 4.03. The summed E-state index contributed by atoms with van der Waals surface area (Å²) in [5, 5.41) is 4.55. The van der Waals surface area contributed by atoms with E-state index in [4.69, 9.17) is 20.9 Å². The molecule has 0 radical (unpaired) electrons. The highest BCUT2D eigenvalue weighted by Gasteiger charge is 2.22. The number of likely N-dealkylation sites (N-methyl/N-ethyl adjacent to an activating group) is 1. The molecule has 9 heteroatoms. The zero-order valence-electron chi connectivity index (χ0n) is 18.6. The number of benzene rings is 2. The maximum absolute atomic E-state index is 13.0. The first-order chi connectivity index (χ1) is 15.9. The van der Waals surface area contributed by atoms with E-state index in [1.807, 2.05) is 12.1 Å². The van der Waals surface area contributed by atoms with Gasteiger partial charge in [0.2, 0.25) is 10.0 Å². The van der Waals surface area contributed by atoms with Crippen LogP contribution in [0.25, 0.3) is 0 Å². The Labute approximate surface area is 199 Å². The van der Waals surface area contributed by atoms with Crippen molar-refractivity contribution in [2.45, 2.75) is 55.9 Å². The van der Waals surface area contributed by atoms with Crippen LogP contribution in [0.3, 0.4) is 0 Å². The van der Waals surface area contributed by atoms with Crippen molar-refractivity contribution in [2.75, 3.05) is 13.6 Å². The summed E-state index contributed by atoms with van der Waals surface area (Å²) in [5.74, 6) is 1.94. The minimum Gasteiger partial charge on any atom is -0.484 e. The molecule has 2 aromatic carbocycles. The number of hydrogen-bond donors (Lipinski definition) is 0. The number of nitrogens with zero attached hydrogens (tertiary/aromatic N) is 3. The molecular weight excluding hydrogens is 462 g/mol. The van der Waals surface area contributed by atoms with Gasteiger partial charge in [-0.1, -0.05) is 48.2 Å². The van der Waals surface area contributed by atoms with Crippen LogP contribution in [0.15, 0.2) is 57.9 Å². The Balaban J connectivity index is 1.30. The lowest BCUT2D eigenvalue weighted by atomic mass is 9.84. The minimum absolute atomic E-state index is 0.121. The largest absolute Gasteiger partial charge is 0.484 e. The molecule has 3 aromatic rings. The van der Waals surface area contributed by atoms with Gasteiger partial charge in [0, 0.05) is 25.0 Å². The van der Waals surface area contributed by atoms with Crippen LogP contribution in [0.5, 0.6) is 5.75 Å². The quantitative estimate of drug-likeness (QED) is 0.410. The summed E-state index contributed by atoms with van der Waals surface area (Å²) in [6.07, 6.45) is 6.50. The monoisotopic (exact) mass is 489 g/mol. The minimum atomic E-state index is -3.59. The topological polar surface area (TPSA) is 85.5 Å². The molecule has 1 aliphatic rings. The molecule has 176 valence electrons. The molecule has 1 aliphatic carbocycles. The average molecular weight is 490 g/mol. The maximum Gasteiger partial charge on any atom is 0.264 e. The van der Waals surface area contributed by atoms with Gasteiger partial charge in [-0.2, -0.15) is 4.98 Å². The number of sulfonamides is 1. The highest BCUT2D eigenvalue weighted by Crippen LogP contribution is 2.33. The predicted octanol–water partition coefficient (Wildman–Crippen LogP) is 5.21. The molecule has 0 bridgehead atoms. The normalized spacial score (nSPS) is 15.1. The Hall–Kier alpha value is -2.42. The van der Waals surface area contributed by atoms with Crippen LogP contribution in [0, 0.1) is 0 Å². The van der Waals surface area contributed by atoms with E-state index in [1.54, 1.807) is 43.4 Å². The molecule has 0 aliphatic heterocycles. The Bertz CT molecular complexity index is 1140. The van der Waals surface area contributed by atoms with Crippen molar-refractivity contribution in [3.8, 4) is 5.75 Å². The number of ether oxygens (including phenoxy) is 1. The first-order valence-corrected chi connectivity index (χ1v) is 13.0. The third kappa shape index (κ3) is 6.13. The highest BCUT2D eigenvalue weighted by atomic mass is 35.5. The predicted molar refractivity (Wildman–Crippen MR) is 126 cm³/mol. The molecule has 1 heterocycles. The van der Waals surface area contributed by atoms with Gasteiger partial charge in [-0.15, -0.1) is 0 Å². The lowest BCUT2D eigenvalue weighted by Crippen LogP contribution is -2.29. The van der Waals surface area contributed by atoms with Gasteiger partial charge in [0.15, 0.2) is 12.4 Å². The number of halogens is 1. The summed E-state index contributed by atoms with van der Waals surface area (Å²) in [5.41, 5.74) is 1.23. The molecule has 0 N–H and O–H groups in total. The lowest BCUT2D eigenvalue weighted by Gasteiger charge is -2.22. The molecular formula is C24H28ClN3O4S. The van der Waals surface area contributed by atoms with E-state index in [2.05, 4.69) is 10.1 Å². The fourth-order valence-corrected chi connectivity index (χ4v) is 5.33. The summed E-state index contributed by atoms with van der Waals surface area (Å²) in [4.78, 5) is 4.58. The van der Waals surface area contributed by atoms with Gasteiger partial charge in [0.1, 0.15) is 5.75 Å². The zero-order chi connectivity index (χ0) is 23.3. The standard InChI is InChI=1S/C24H28ClN3O4S/c1-28(33(29,30)22-13-7-19(8-14-22)18-5-3-2-4-6-18)16-15-23-26-24(32-27-23)17-31-21-11-9-20(25)10-12-21/h7-14,18H,2-6,15-17H2,1H3. The lowest BCUT2D eigenvalue weighted by molar-refractivity contribution is 0.242. The van der Waals surface area contributed by atoms with Crippen molar-refractivity contribution in [3.63, 3.8) is 0 Å². The van der Waals surface area contributed by atoms with Gasteiger partial charge in [-0.05, 0) is 60.7 Å². The van der Waals surface area contributed by atoms with Crippen molar-refractivity contribution in [2.24, 2.45) is 0 Å². The summed E-state index contributed by atoms with van der Waals surface area (Å²) >= 11 is 5.86. The van der Waals surface area contributed by atoms with Gasteiger partial charge < -0.3 is 9.26 Å². The second-order valence-corrected chi connectivity index (χ2v) is 10.8. The van der Waals surface area contributed by atoms with Crippen LogP contribution in [-0.4, -0.2) is 36.5 Å². The van der Waals surface area contributed by atoms with E-state index in [0.717, 1.165) is 0 Å². The van der Waals surface area contributed by atoms with Crippen LogP contribution in [0.4, 0.5) is 0 Å². The van der Waals surface area contributed by atoms with Crippen LogP contribution >= 0.6 is 11.6 Å². The second kappa shape index (κ2) is 10.7. The number of rotatable bonds is 9. The third-order valence-electron chi connectivity index (χ3n) is 6.00. The van der Waals surface area contributed by atoms with E-state index >= 15 is 0 Å². The smallest absolute Gasteiger partial charge is 0.264 e. The van der Waals surface area contributed by atoms with Crippen LogP contribution in [-0.2, 0) is 23.1 Å². The van der Waals surface area contributed by atoms with Crippen molar-refractivity contribution in [3.05, 3.63) is 70.8 Å². The molecule has 0 saturated heterocycles. The molecule has 1 fully saturated rings. The molecule has 0 unspecified atom stereocenters.